The number of halogens is 1. The summed E-state index contributed by atoms with van der Waals surface area (Å²) in [6, 6.07) is -0.262. The highest BCUT2D eigenvalue weighted by Gasteiger charge is 2.21. The molecule has 1 atom stereocenters. The number of rotatable bonds is 7. The summed E-state index contributed by atoms with van der Waals surface area (Å²) in [7, 11) is 0. The topological polar surface area (TPSA) is 88.5 Å². The molecule has 0 bridgehead atoms. The third-order valence-corrected chi connectivity index (χ3v) is 2.09. The third kappa shape index (κ3) is 4.84. The molecule has 0 radical (unpaired) electrons. The number of nitrogens with one attached hydrogen (secondary N) is 1. The van der Waals surface area contributed by atoms with Gasteiger partial charge < -0.3 is 15.2 Å². The largest absolute Gasteiger partial charge is 0.480 e. The van der Waals surface area contributed by atoms with E-state index in [0.29, 0.717) is 0 Å². The number of nitrogens with zero attached hydrogens (tertiary/aromatic N) is 1. The van der Waals surface area contributed by atoms with Crippen LogP contribution in [0.1, 0.15) is 10.4 Å². The second kappa shape index (κ2) is 7.22. The zero-order valence-corrected chi connectivity index (χ0v) is 10.0. The quantitative estimate of drug-likeness (QED) is 0.558. The average molecular weight is 268 g/mol. The smallest absolute Gasteiger partial charge is 0.328 e. The van der Waals surface area contributed by atoms with Crippen molar-refractivity contribution in [2.75, 3.05) is 13.2 Å². The predicted molar refractivity (Wildman–Crippen MR) is 64.1 cm³/mol. The molecule has 1 rings (SSSR count). The molecule has 0 saturated heterocycles. The zero-order chi connectivity index (χ0) is 14.3. The number of aromatic nitrogens is 1. The molecular weight excluding hydrogens is 255 g/mol. The van der Waals surface area contributed by atoms with Gasteiger partial charge in [0.1, 0.15) is 5.82 Å². The van der Waals surface area contributed by atoms with Crippen LogP contribution >= 0.6 is 0 Å². The summed E-state index contributed by atoms with van der Waals surface area (Å²) in [4.78, 5) is 26.1. The third-order valence-electron chi connectivity index (χ3n) is 2.09. The van der Waals surface area contributed by atoms with E-state index in [4.69, 9.17) is 9.84 Å². The van der Waals surface area contributed by atoms with E-state index in [1.165, 1.54) is 6.08 Å². The van der Waals surface area contributed by atoms with E-state index in [2.05, 4.69) is 16.9 Å². The van der Waals surface area contributed by atoms with Crippen LogP contribution in [-0.4, -0.2) is 41.2 Å². The molecule has 6 nitrogen and oxygen atoms in total. The number of hydrogen-bond donors (Lipinski definition) is 2. The summed E-state index contributed by atoms with van der Waals surface area (Å²) >= 11 is 0. The first-order valence-electron chi connectivity index (χ1n) is 5.37. The lowest BCUT2D eigenvalue weighted by molar-refractivity contribution is -0.140. The van der Waals surface area contributed by atoms with Gasteiger partial charge in [0, 0.05) is 6.20 Å². The zero-order valence-electron chi connectivity index (χ0n) is 10.0. The van der Waals surface area contributed by atoms with Gasteiger partial charge in [-0.15, -0.1) is 6.58 Å². The minimum absolute atomic E-state index is 0.0602. The molecule has 1 heterocycles. The molecule has 1 aromatic heterocycles. The van der Waals surface area contributed by atoms with Gasteiger partial charge in [-0.05, 0) is 6.07 Å². The molecule has 0 aliphatic rings. The Hall–Kier alpha value is -2.28. The standard InChI is InChI=1S/C12H13FN2O4/c1-2-3-19-7-10(12(17)18)15-11(16)8-4-9(13)6-14-5-8/h2,4-6,10H,1,3,7H2,(H,15,16)(H,17,18). The van der Waals surface area contributed by atoms with Gasteiger partial charge in [0.15, 0.2) is 6.04 Å². The van der Waals surface area contributed by atoms with E-state index < -0.39 is 23.7 Å². The summed E-state index contributed by atoms with van der Waals surface area (Å²) in [5.41, 5.74) is -0.0602. The maximum Gasteiger partial charge on any atom is 0.328 e. The van der Waals surface area contributed by atoms with Crippen molar-refractivity contribution in [1.29, 1.82) is 0 Å². The van der Waals surface area contributed by atoms with E-state index in [9.17, 15) is 14.0 Å². The van der Waals surface area contributed by atoms with Gasteiger partial charge in [-0.25, -0.2) is 9.18 Å². The average Bonchev–Trinajstić information content (AvgIpc) is 2.37. The van der Waals surface area contributed by atoms with Gasteiger partial charge in [0.2, 0.25) is 0 Å². The van der Waals surface area contributed by atoms with Crippen LogP contribution in [0.3, 0.4) is 0 Å². The number of pyridine rings is 1. The summed E-state index contributed by atoms with van der Waals surface area (Å²) in [5.74, 6) is -2.66. The Bertz CT molecular complexity index is 479. The summed E-state index contributed by atoms with van der Waals surface area (Å²) in [6.07, 6.45) is 3.54. The van der Waals surface area contributed by atoms with Crippen molar-refractivity contribution in [3.63, 3.8) is 0 Å². The molecule has 1 aromatic rings. The first-order valence-corrected chi connectivity index (χ1v) is 5.37. The van der Waals surface area contributed by atoms with Crippen LogP contribution in [-0.2, 0) is 9.53 Å². The van der Waals surface area contributed by atoms with Crippen LogP contribution in [0, 0.1) is 5.82 Å². The maximum absolute atomic E-state index is 12.9. The van der Waals surface area contributed by atoms with E-state index in [1.807, 2.05) is 0 Å². The second-order valence-electron chi connectivity index (χ2n) is 3.58. The van der Waals surface area contributed by atoms with Crippen LogP contribution in [0.2, 0.25) is 0 Å². The lowest BCUT2D eigenvalue weighted by Crippen LogP contribution is -2.44. The predicted octanol–water partition coefficient (Wildman–Crippen LogP) is 0.606. The highest BCUT2D eigenvalue weighted by Crippen LogP contribution is 2.01. The van der Waals surface area contributed by atoms with Gasteiger partial charge in [0.05, 0.1) is 25.0 Å². The van der Waals surface area contributed by atoms with E-state index in [-0.39, 0.29) is 18.8 Å². The van der Waals surface area contributed by atoms with Gasteiger partial charge in [-0.3, -0.25) is 9.78 Å². The van der Waals surface area contributed by atoms with Gasteiger partial charge in [0.25, 0.3) is 5.91 Å². The minimum Gasteiger partial charge on any atom is -0.480 e. The fourth-order valence-electron chi connectivity index (χ4n) is 1.22. The van der Waals surface area contributed by atoms with Crippen molar-refractivity contribution in [1.82, 2.24) is 10.3 Å². The Morgan fingerprint density at radius 2 is 2.32 bits per heavy atom. The highest BCUT2D eigenvalue weighted by atomic mass is 19.1. The number of amides is 1. The molecule has 0 aliphatic heterocycles. The first-order chi connectivity index (χ1) is 9.04. The molecule has 102 valence electrons. The van der Waals surface area contributed by atoms with Crippen LogP contribution in [0.25, 0.3) is 0 Å². The van der Waals surface area contributed by atoms with Crippen LogP contribution in [0.4, 0.5) is 4.39 Å². The minimum atomic E-state index is -1.25. The lowest BCUT2D eigenvalue weighted by atomic mass is 10.2. The normalized spacial score (nSPS) is 11.6. The molecular formula is C12H13FN2O4. The number of carboxylic acids is 1. The number of carbonyl (C=O) groups excluding carboxylic acids is 1. The molecule has 0 saturated carbocycles. The van der Waals surface area contributed by atoms with Crippen molar-refractivity contribution in [3.05, 3.63) is 42.5 Å². The lowest BCUT2D eigenvalue weighted by Gasteiger charge is -2.14. The molecule has 1 amide bonds. The molecule has 2 N–H and O–H groups in total. The summed E-state index contributed by atoms with van der Waals surface area (Å²) in [5, 5.41) is 11.1. The van der Waals surface area contributed by atoms with Gasteiger partial charge in [-0.1, -0.05) is 6.08 Å². The fraction of sp³-hybridized carbons (Fsp3) is 0.250. The Balaban J connectivity index is 2.65. The molecule has 0 aromatic carbocycles. The molecule has 7 heteroatoms. The Morgan fingerprint density at radius 3 is 2.89 bits per heavy atom. The number of aliphatic carboxylic acids is 1. The van der Waals surface area contributed by atoms with E-state index in [0.717, 1.165) is 18.5 Å². The van der Waals surface area contributed by atoms with Crippen LogP contribution in [0.5, 0.6) is 0 Å². The summed E-state index contributed by atoms with van der Waals surface area (Å²) in [6.45, 7) is 3.37. The molecule has 0 spiro atoms. The second-order valence-corrected chi connectivity index (χ2v) is 3.58. The van der Waals surface area contributed by atoms with Crippen molar-refractivity contribution < 1.29 is 23.8 Å². The Labute approximate surface area is 108 Å². The Kier molecular flexibility index (Phi) is 5.62. The molecule has 0 aliphatic carbocycles. The molecule has 0 fully saturated rings. The SMILES string of the molecule is C=CCOCC(NC(=O)c1cncc(F)c1)C(=O)O. The number of carboxylic acid groups (broad SMARTS) is 1. The van der Waals surface area contributed by atoms with Crippen LogP contribution < -0.4 is 5.32 Å². The highest BCUT2D eigenvalue weighted by molar-refractivity contribution is 5.96. The first kappa shape index (κ1) is 14.8. The van der Waals surface area contributed by atoms with E-state index >= 15 is 0 Å². The Morgan fingerprint density at radius 1 is 1.58 bits per heavy atom. The molecule has 1 unspecified atom stereocenters. The maximum atomic E-state index is 12.9. The summed E-state index contributed by atoms with van der Waals surface area (Å²) < 4.78 is 17.8. The fourth-order valence-corrected chi connectivity index (χ4v) is 1.22. The number of hydrogen-bond acceptors (Lipinski definition) is 4. The molecule has 19 heavy (non-hydrogen) atoms. The number of carbonyl (C=O) groups is 2. The van der Waals surface area contributed by atoms with Crippen molar-refractivity contribution in [2.24, 2.45) is 0 Å². The van der Waals surface area contributed by atoms with Gasteiger partial charge in [-0.2, -0.15) is 0 Å². The van der Waals surface area contributed by atoms with Crippen LogP contribution in [0.15, 0.2) is 31.1 Å². The van der Waals surface area contributed by atoms with E-state index in [1.54, 1.807) is 0 Å². The van der Waals surface area contributed by atoms with Gasteiger partial charge >= 0.3 is 5.97 Å². The number of ether oxygens (including phenoxy) is 1. The monoisotopic (exact) mass is 268 g/mol. The van der Waals surface area contributed by atoms with Crippen molar-refractivity contribution in [3.8, 4) is 0 Å². The van der Waals surface area contributed by atoms with Crippen molar-refractivity contribution >= 4 is 11.9 Å². The van der Waals surface area contributed by atoms with Crippen molar-refractivity contribution in [2.45, 2.75) is 6.04 Å².